The first-order chi connectivity index (χ1) is 17.9. The first-order valence-corrected chi connectivity index (χ1v) is 12.5. The molecule has 6 aromatic carbocycles. The maximum Gasteiger partial charge on any atom is 0.0714 e. The summed E-state index contributed by atoms with van der Waals surface area (Å²) in [4.78, 5) is 3.69. The molecule has 1 nitrogen and oxygen atoms in total. The van der Waals surface area contributed by atoms with E-state index in [1.807, 2.05) is 0 Å². The number of rotatable bonds is 2. The van der Waals surface area contributed by atoms with E-state index in [9.17, 15) is 0 Å². The molecule has 0 atom stereocenters. The minimum Gasteiger partial charge on any atom is -0.354 e. The molecule has 0 bridgehead atoms. The number of fused-ring (bicyclic) bond motifs is 9. The second-order valence-electron chi connectivity index (χ2n) is 9.77. The van der Waals surface area contributed by atoms with Gasteiger partial charge in [0.05, 0.1) is 5.41 Å². The van der Waals surface area contributed by atoms with Crippen LogP contribution in [0.2, 0.25) is 0 Å². The smallest absolute Gasteiger partial charge is 0.0714 e. The Balaban J connectivity index is 1.67. The lowest BCUT2D eigenvalue weighted by Gasteiger charge is -2.34. The van der Waals surface area contributed by atoms with Crippen molar-refractivity contribution in [1.82, 2.24) is 4.98 Å². The van der Waals surface area contributed by atoms with Gasteiger partial charge in [-0.05, 0) is 56.3 Å². The van der Waals surface area contributed by atoms with Gasteiger partial charge in [0.15, 0.2) is 0 Å². The van der Waals surface area contributed by atoms with E-state index in [-0.39, 0.29) is 0 Å². The van der Waals surface area contributed by atoms with Crippen molar-refractivity contribution in [3.63, 3.8) is 0 Å². The Morgan fingerprint density at radius 1 is 0.417 bits per heavy atom. The Bertz CT molecular complexity index is 1890. The number of benzene rings is 6. The van der Waals surface area contributed by atoms with Gasteiger partial charge >= 0.3 is 0 Å². The zero-order valence-electron chi connectivity index (χ0n) is 19.7. The maximum atomic E-state index is 3.69. The first-order valence-electron chi connectivity index (χ1n) is 12.5. The van der Waals surface area contributed by atoms with Crippen molar-refractivity contribution in [1.29, 1.82) is 0 Å². The van der Waals surface area contributed by atoms with Gasteiger partial charge in [0.2, 0.25) is 0 Å². The highest BCUT2D eigenvalue weighted by Crippen LogP contribution is 2.59. The summed E-state index contributed by atoms with van der Waals surface area (Å²) in [6.45, 7) is 0. The molecule has 0 aliphatic heterocycles. The Morgan fingerprint density at radius 2 is 1.00 bits per heavy atom. The lowest BCUT2D eigenvalue weighted by Crippen LogP contribution is -2.28. The van der Waals surface area contributed by atoms with Crippen molar-refractivity contribution in [3.8, 4) is 11.1 Å². The molecule has 1 N–H and O–H groups in total. The van der Waals surface area contributed by atoms with Crippen LogP contribution >= 0.6 is 0 Å². The van der Waals surface area contributed by atoms with Crippen molar-refractivity contribution in [2.75, 3.05) is 0 Å². The highest BCUT2D eigenvalue weighted by atomic mass is 14.7. The van der Waals surface area contributed by atoms with Crippen LogP contribution in [-0.4, -0.2) is 4.98 Å². The van der Waals surface area contributed by atoms with Gasteiger partial charge in [-0.3, -0.25) is 0 Å². The Hall–Kier alpha value is -4.62. The van der Waals surface area contributed by atoms with E-state index in [4.69, 9.17) is 0 Å². The van der Waals surface area contributed by atoms with E-state index < -0.39 is 5.41 Å². The largest absolute Gasteiger partial charge is 0.354 e. The van der Waals surface area contributed by atoms with E-state index >= 15 is 0 Å². The molecule has 1 heterocycles. The third-order valence-electron chi connectivity index (χ3n) is 8.07. The minimum atomic E-state index is -0.399. The summed E-state index contributed by atoms with van der Waals surface area (Å²) in [5, 5.41) is 5.17. The van der Waals surface area contributed by atoms with Crippen LogP contribution in [0.1, 0.15) is 22.3 Å². The van der Waals surface area contributed by atoms with Crippen LogP contribution in [0.15, 0.2) is 133 Å². The van der Waals surface area contributed by atoms with Gasteiger partial charge in [0.25, 0.3) is 0 Å². The second kappa shape index (κ2) is 7.19. The lowest BCUT2D eigenvalue weighted by molar-refractivity contribution is 0.770. The molecule has 0 fully saturated rings. The van der Waals surface area contributed by atoms with Crippen LogP contribution in [0.4, 0.5) is 0 Å². The highest BCUT2D eigenvalue weighted by Gasteiger charge is 2.47. The van der Waals surface area contributed by atoms with Crippen LogP contribution in [0.3, 0.4) is 0 Å². The molecule has 0 saturated heterocycles. The molecule has 7 aromatic rings. The number of nitrogens with one attached hydrogen (secondary N) is 1. The standard InChI is InChI=1S/C35H23N/c1-3-12-24(13-4-1)35(25-14-5-2-6-15-25)28-20-19-23-11-7-8-16-26(23)32(28)34-29(35)21-22-31-33(34)27-17-9-10-18-30(27)36-31/h1-22,36H. The lowest BCUT2D eigenvalue weighted by atomic mass is 9.67. The number of hydrogen-bond donors (Lipinski definition) is 1. The summed E-state index contributed by atoms with van der Waals surface area (Å²) in [6, 6.07) is 48.9. The number of aromatic amines is 1. The topological polar surface area (TPSA) is 15.8 Å². The van der Waals surface area contributed by atoms with E-state index in [0.717, 1.165) is 0 Å². The summed E-state index contributed by atoms with van der Waals surface area (Å²) >= 11 is 0. The molecule has 0 amide bonds. The van der Waals surface area contributed by atoms with Gasteiger partial charge in [0, 0.05) is 21.8 Å². The second-order valence-corrected chi connectivity index (χ2v) is 9.77. The van der Waals surface area contributed by atoms with Gasteiger partial charge in [-0.25, -0.2) is 0 Å². The number of H-pyrrole nitrogens is 1. The number of para-hydroxylation sites is 1. The normalized spacial score (nSPS) is 13.8. The zero-order valence-corrected chi connectivity index (χ0v) is 19.7. The fourth-order valence-corrected chi connectivity index (χ4v) is 6.68. The maximum absolute atomic E-state index is 3.69. The van der Waals surface area contributed by atoms with E-state index in [1.165, 1.54) is 66.0 Å². The Morgan fingerprint density at radius 3 is 1.75 bits per heavy atom. The molecule has 0 unspecified atom stereocenters. The fraction of sp³-hybridized carbons (Fsp3) is 0.0286. The molecule has 1 aliphatic rings. The van der Waals surface area contributed by atoms with Crippen molar-refractivity contribution < 1.29 is 0 Å². The van der Waals surface area contributed by atoms with Gasteiger partial charge in [-0.15, -0.1) is 0 Å². The minimum absolute atomic E-state index is 0.399. The molecule has 0 saturated carbocycles. The van der Waals surface area contributed by atoms with Crippen LogP contribution in [0, 0.1) is 0 Å². The summed E-state index contributed by atoms with van der Waals surface area (Å²) in [6.07, 6.45) is 0. The molecule has 168 valence electrons. The quantitative estimate of drug-likeness (QED) is 0.267. The SMILES string of the molecule is c1ccc(C2(c3ccccc3)c3ccc4ccccc4c3-c3c2ccc2[nH]c4ccccc4c32)cc1. The average Bonchev–Trinajstić information content (AvgIpc) is 3.48. The van der Waals surface area contributed by atoms with Crippen LogP contribution in [0.5, 0.6) is 0 Å². The molecular formula is C35H23N. The van der Waals surface area contributed by atoms with Gasteiger partial charge in [-0.2, -0.15) is 0 Å². The Labute approximate surface area is 209 Å². The first kappa shape index (κ1) is 19.7. The molecule has 0 spiro atoms. The molecule has 8 rings (SSSR count). The highest BCUT2D eigenvalue weighted by molar-refractivity contribution is 6.20. The summed E-state index contributed by atoms with van der Waals surface area (Å²) in [5.74, 6) is 0. The molecule has 1 aliphatic carbocycles. The third kappa shape index (κ3) is 2.40. The molecule has 0 radical (unpaired) electrons. The van der Waals surface area contributed by atoms with E-state index in [1.54, 1.807) is 0 Å². The zero-order chi connectivity index (χ0) is 23.7. The van der Waals surface area contributed by atoms with Crippen molar-refractivity contribution in [3.05, 3.63) is 156 Å². The predicted octanol–water partition coefficient (Wildman–Crippen LogP) is 8.84. The third-order valence-corrected chi connectivity index (χ3v) is 8.07. The molecule has 1 aromatic heterocycles. The van der Waals surface area contributed by atoms with Crippen LogP contribution in [-0.2, 0) is 5.41 Å². The molecular weight excluding hydrogens is 434 g/mol. The fourth-order valence-electron chi connectivity index (χ4n) is 6.68. The average molecular weight is 458 g/mol. The Kier molecular flexibility index (Phi) is 3.93. The summed E-state index contributed by atoms with van der Waals surface area (Å²) in [7, 11) is 0. The summed E-state index contributed by atoms with van der Waals surface area (Å²) in [5.41, 5.74) is 9.97. The van der Waals surface area contributed by atoms with Gasteiger partial charge in [-0.1, -0.05) is 121 Å². The monoisotopic (exact) mass is 457 g/mol. The predicted molar refractivity (Wildman–Crippen MR) is 151 cm³/mol. The van der Waals surface area contributed by atoms with Crippen LogP contribution in [0.25, 0.3) is 43.7 Å². The molecule has 1 heteroatoms. The van der Waals surface area contributed by atoms with E-state index in [0.29, 0.717) is 0 Å². The molecule has 36 heavy (non-hydrogen) atoms. The van der Waals surface area contributed by atoms with Gasteiger partial charge < -0.3 is 4.98 Å². The summed E-state index contributed by atoms with van der Waals surface area (Å²) < 4.78 is 0. The number of hydrogen-bond acceptors (Lipinski definition) is 0. The van der Waals surface area contributed by atoms with Crippen LogP contribution < -0.4 is 0 Å². The van der Waals surface area contributed by atoms with Crippen molar-refractivity contribution in [2.24, 2.45) is 0 Å². The number of aromatic nitrogens is 1. The van der Waals surface area contributed by atoms with Crippen molar-refractivity contribution in [2.45, 2.75) is 5.41 Å². The van der Waals surface area contributed by atoms with E-state index in [2.05, 4.69) is 138 Å². The van der Waals surface area contributed by atoms with Crippen molar-refractivity contribution >= 4 is 32.6 Å². The van der Waals surface area contributed by atoms with Gasteiger partial charge in [0.1, 0.15) is 0 Å².